The van der Waals surface area contributed by atoms with Gasteiger partial charge >= 0.3 is 0 Å². The predicted octanol–water partition coefficient (Wildman–Crippen LogP) is 3.07. The minimum Gasteiger partial charge on any atom is -0.287 e. The molecule has 0 saturated carbocycles. The van der Waals surface area contributed by atoms with Gasteiger partial charge in [-0.05, 0) is 40.2 Å². The lowest BCUT2D eigenvalue weighted by molar-refractivity contribution is 0.103. The van der Waals surface area contributed by atoms with Crippen LogP contribution in [-0.4, -0.2) is 15.6 Å². The summed E-state index contributed by atoms with van der Waals surface area (Å²) < 4.78 is 2.30. The van der Waals surface area contributed by atoms with Crippen molar-refractivity contribution in [2.24, 2.45) is 7.05 Å². The Bertz CT molecular complexity index is 551. The van der Waals surface area contributed by atoms with Crippen LogP contribution in [0.4, 0.5) is 0 Å². The molecule has 0 spiro atoms. The summed E-state index contributed by atoms with van der Waals surface area (Å²) in [5.41, 5.74) is 0.992. The summed E-state index contributed by atoms with van der Waals surface area (Å²) >= 11 is 9.14. The van der Waals surface area contributed by atoms with Gasteiger partial charge in [0, 0.05) is 23.3 Å². The molecule has 16 heavy (non-hydrogen) atoms. The molecular weight excluding hydrogens is 291 g/mol. The maximum Gasteiger partial charge on any atom is 0.213 e. The first-order valence-electron chi connectivity index (χ1n) is 4.57. The number of nitrogens with zero attached hydrogens (tertiary/aromatic N) is 2. The van der Waals surface area contributed by atoms with Gasteiger partial charge in [0.1, 0.15) is 5.69 Å². The van der Waals surface area contributed by atoms with E-state index in [1.807, 2.05) is 0 Å². The first-order valence-corrected chi connectivity index (χ1v) is 5.74. The van der Waals surface area contributed by atoms with E-state index in [0.29, 0.717) is 20.8 Å². The lowest BCUT2D eigenvalue weighted by atomic mass is 10.1. The van der Waals surface area contributed by atoms with Gasteiger partial charge in [0.2, 0.25) is 5.78 Å². The third-order valence-corrected chi connectivity index (χ3v) is 3.34. The molecule has 0 atom stereocenters. The molecule has 0 N–H and O–H groups in total. The van der Waals surface area contributed by atoms with Crippen LogP contribution in [-0.2, 0) is 7.05 Å². The van der Waals surface area contributed by atoms with Crippen molar-refractivity contribution in [2.45, 2.75) is 0 Å². The van der Waals surface area contributed by atoms with Gasteiger partial charge in [-0.15, -0.1) is 0 Å². The van der Waals surface area contributed by atoms with E-state index in [4.69, 9.17) is 11.6 Å². The fraction of sp³-hybridized carbons (Fsp3) is 0.0909. The lowest BCUT2D eigenvalue weighted by Gasteiger charge is -2.00. The Morgan fingerprint density at radius 2 is 2.19 bits per heavy atom. The number of rotatable bonds is 2. The largest absolute Gasteiger partial charge is 0.287 e. The van der Waals surface area contributed by atoms with Gasteiger partial charge in [0.15, 0.2) is 0 Å². The van der Waals surface area contributed by atoms with Crippen LogP contribution in [0.1, 0.15) is 16.1 Å². The summed E-state index contributed by atoms with van der Waals surface area (Å²) in [5, 5.41) is 4.64. The number of carbonyl (C=O) groups is 1. The molecular formula is C11H8BrClN2O. The Balaban J connectivity index is 2.38. The van der Waals surface area contributed by atoms with Gasteiger partial charge in [0.25, 0.3) is 0 Å². The van der Waals surface area contributed by atoms with Crippen molar-refractivity contribution in [3.05, 3.63) is 51.2 Å². The second kappa shape index (κ2) is 4.39. The number of hydrogen-bond acceptors (Lipinski definition) is 2. The van der Waals surface area contributed by atoms with E-state index < -0.39 is 0 Å². The normalized spacial score (nSPS) is 10.4. The zero-order valence-corrected chi connectivity index (χ0v) is 10.8. The van der Waals surface area contributed by atoms with E-state index in [1.165, 1.54) is 0 Å². The van der Waals surface area contributed by atoms with E-state index >= 15 is 0 Å². The standard InChI is InChI=1S/C11H8BrClN2O/c1-15-5-4-10(14-15)11(16)7-2-3-9(13)8(12)6-7/h2-6H,1H3. The van der Waals surface area contributed by atoms with Crippen molar-refractivity contribution in [3.8, 4) is 0 Å². The Morgan fingerprint density at radius 3 is 2.75 bits per heavy atom. The summed E-state index contributed by atoms with van der Waals surface area (Å²) in [6.07, 6.45) is 1.73. The topological polar surface area (TPSA) is 34.9 Å². The smallest absolute Gasteiger partial charge is 0.213 e. The molecule has 2 aromatic rings. The fourth-order valence-corrected chi connectivity index (χ4v) is 1.82. The molecule has 0 aliphatic rings. The van der Waals surface area contributed by atoms with Gasteiger partial charge in [-0.1, -0.05) is 11.6 Å². The molecule has 0 bridgehead atoms. The summed E-state index contributed by atoms with van der Waals surface area (Å²) in [6.45, 7) is 0. The van der Waals surface area contributed by atoms with Gasteiger partial charge in [-0.2, -0.15) is 5.10 Å². The fourth-order valence-electron chi connectivity index (χ4n) is 1.32. The van der Waals surface area contributed by atoms with Gasteiger partial charge < -0.3 is 0 Å². The minimum atomic E-state index is -0.113. The highest BCUT2D eigenvalue weighted by Crippen LogP contribution is 2.24. The number of aryl methyl sites for hydroxylation is 1. The predicted molar refractivity (Wildman–Crippen MR) is 65.8 cm³/mol. The van der Waals surface area contributed by atoms with Crippen LogP contribution in [0.15, 0.2) is 34.9 Å². The second-order valence-corrected chi connectivity index (χ2v) is 4.59. The van der Waals surface area contributed by atoms with E-state index in [1.54, 1.807) is 42.2 Å². The Labute approximate surface area is 106 Å². The van der Waals surface area contributed by atoms with Gasteiger partial charge in [-0.3, -0.25) is 9.48 Å². The molecule has 3 nitrogen and oxygen atoms in total. The highest BCUT2D eigenvalue weighted by molar-refractivity contribution is 9.10. The number of ketones is 1. The molecule has 0 aliphatic carbocycles. The first-order chi connectivity index (χ1) is 7.58. The third-order valence-electron chi connectivity index (χ3n) is 2.13. The number of benzene rings is 1. The van der Waals surface area contributed by atoms with E-state index in [2.05, 4.69) is 21.0 Å². The molecule has 0 saturated heterocycles. The van der Waals surface area contributed by atoms with Gasteiger partial charge in [-0.25, -0.2) is 0 Å². The Kier molecular flexibility index (Phi) is 3.12. The van der Waals surface area contributed by atoms with Crippen molar-refractivity contribution in [1.82, 2.24) is 9.78 Å². The molecule has 1 aromatic carbocycles. The van der Waals surface area contributed by atoms with Crippen LogP contribution in [0.5, 0.6) is 0 Å². The molecule has 1 heterocycles. The molecule has 0 radical (unpaired) electrons. The zero-order valence-electron chi connectivity index (χ0n) is 8.45. The summed E-state index contributed by atoms with van der Waals surface area (Å²) in [4.78, 5) is 12.0. The van der Waals surface area contributed by atoms with Gasteiger partial charge in [0.05, 0.1) is 5.02 Å². The number of aromatic nitrogens is 2. The first kappa shape index (κ1) is 11.4. The average molecular weight is 300 g/mol. The van der Waals surface area contributed by atoms with E-state index in [-0.39, 0.29) is 5.78 Å². The third kappa shape index (κ3) is 2.18. The van der Waals surface area contributed by atoms with Crippen molar-refractivity contribution < 1.29 is 4.79 Å². The maximum atomic E-state index is 12.0. The highest BCUT2D eigenvalue weighted by atomic mass is 79.9. The molecule has 5 heteroatoms. The van der Waals surface area contributed by atoms with Crippen molar-refractivity contribution in [3.63, 3.8) is 0 Å². The summed E-state index contributed by atoms with van der Waals surface area (Å²) in [5.74, 6) is -0.113. The van der Waals surface area contributed by atoms with E-state index in [9.17, 15) is 4.79 Å². The average Bonchev–Trinajstić information content (AvgIpc) is 2.68. The van der Waals surface area contributed by atoms with Crippen LogP contribution in [0.2, 0.25) is 5.02 Å². The molecule has 0 aliphatic heterocycles. The molecule has 0 amide bonds. The van der Waals surface area contributed by atoms with Crippen LogP contribution in [0, 0.1) is 0 Å². The van der Waals surface area contributed by atoms with Crippen LogP contribution in [0.3, 0.4) is 0 Å². The molecule has 82 valence electrons. The van der Waals surface area contributed by atoms with Crippen LogP contribution >= 0.6 is 27.5 Å². The highest BCUT2D eigenvalue weighted by Gasteiger charge is 2.12. The second-order valence-electron chi connectivity index (χ2n) is 3.33. The SMILES string of the molecule is Cn1ccc(C(=O)c2ccc(Cl)c(Br)c2)n1. The lowest BCUT2D eigenvalue weighted by Crippen LogP contribution is -2.03. The zero-order chi connectivity index (χ0) is 11.7. The number of hydrogen-bond donors (Lipinski definition) is 0. The number of carbonyl (C=O) groups excluding carboxylic acids is 1. The minimum absolute atomic E-state index is 0.113. The summed E-state index contributed by atoms with van der Waals surface area (Å²) in [7, 11) is 1.77. The van der Waals surface area contributed by atoms with Crippen LogP contribution in [0.25, 0.3) is 0 Å². The van der Waals surface area contributed by atoms with Crippen LogP contribution < -0.4 is 0 Å². The molecule has 1 aromatic heterocycles. The summed E-state index contributed by atoms with van der Waals surface area (Å²) in [6, 6.07) is 6.75. The molecule has 0 unspecified atom stereocenters. The van der Waals surface area contributed by atoms with Crippen molar-refractivity contribution >= 4 is 33.3 Å². The Morgan fingerprint density at radius 1 is 1.44 bits per heavy atom. The quantitative estimate of drug-likeness (QED) is 0.799. The monoisotopic (exact) mass is 298 g/mol. The van der Waals surface area contributed by atoms with Crippen molar-refractivity contribution in [2.75, 3.05) is 0 Å². The maximum absolute atomic E-state index is 12.0. The van der Waals surface area contributed by atoms with Crippen molar-refractivity contribution in [1.29, 1.82) is 0 Å². The number of halogens is 2. The Hall–Kier alpha value is -1.13. The molecule has 0 fully saturated rings. The van der Waals surface area contributed by atoms with E-state index in [0.717, 1.165) is 0 Å². The molecule has 2 rings (SSSR count).